The Morgan fingerprint density at radius 3 is 2.43 bits per heavy atom. The SMILES string of the molecule is CCN(Cc1ccccn1)C(c1ccc(F)cc1)C(C)N. The molecule has 1 heterocycles. The monoisotopic (exact) mass is 287 g/mol. The predicted octanol–water partition coefficient (Wildman–Crippen LogP) is 3.13. The Morgan fingerprint density at radius 1 is 1.19 bits per heavy atom. The second-order valence-electron chi connectivity index (χ2n) is 5.24. The van der Waals surface area contributed by atoms with E-state index in [2.05, 4.69) is 16.8 Å². The van der Waals surface area contributed by atoms with Gasteiger partial charge in [0.25, 0.3) is 0 Å². The molecule has 0 bridgehead atoms. The van der Waals surface area contributed by atoms with Gasteiger partial charge in [-0.05, 0) is 43.3 Å². The maximum atomic E-state index is 13.1. The van der Waals surface area contributed by atoms with E-state index < -0.39 is 0 Å². The standard InChI is InChI=1S/C17H22FN3/c1-3-21(12-16-6-4-5-11-20-16)17(13(2)19)14-7-9-15(18)10-8-14/h4-11,13,17H,3,12,19H2,1-2H3. The number of benzene rings is 1. The molecule has 1 aromatic carbocycles. The van der Waals surface area contributed by atoms with Gasteiger partial charge in [0.15, 0.2) is 0 Å². The average molecular weight is 287 g/mol. The van der Waals surface area contributed by atoms with Gasteiger partial charge in [-0.15, -0.1) is 0 Å². The molecule has 1 aromatic heterocycles. The van der Waals surface area contributed by atoms with E-state index >= 15 is 0 Å². The molecule has 2 atom stereocenters. The quantitative estimate of drug-likeness (QED) is 0.887. The van der Waals surface area contributed by atoms with Gasteiger partial charge < -0.3 is 5.73 Å². The highest BCUT2D eigenvalue weighted by Crippen LogP contribution is 2.25. The van der Waals surface area contributed by atoms with Gasteiger partial charge in [-0.3, -0.25) is 9.88 Å². The van der Waals surface area contributed by atoms with Crippen LogP contribution in [0.5, 0.6) is 0 Å². The predicted molar refractivity (Wildman–Crippen MR) is 83.1 cm³/mol. The van der Waals surface area contributed by atoms with E-state index in [1.165, 1.54) is 12.1 Å². The summed E-state index contributed by atoms with van der Waals surface area (Å²) >= 11 is 0. The summed E-state index contributed by atoms with van der Waals surface area (Å²) in [5.41, 5.74) is 8.22. The first kappa shape index (κ1) is 15.6. The van der Waals surface area contributed by atoms with Crippen LogP contribution in [0.4, 0.5) is 4.39 Å². The summed E-state index contributed by atoms with van der Waals surface area (Å²) in [7, 11) is 0. The maximum absolute atomic E-state index is 13.1. The molecule has 2 unspecified atom stereocenters. The van der Waals surface area contributed by atoms with Crippen molar-refractivity contribution >= 4 is 0 Å². The largest absolute Gasteiger partial charge is 0.326 e. The minimum absolute atomic E-state index is 0.0395. The first-order valence-electron chi connectivity index (χ1n) is 7.26. The lowest BCUT2D eigenvalue weighted by atomic mass is 9.99. The second kappa shape index (κ2) is 7.29. The lowest BCUT2D eigenvalue weighted by Gasteiger charge is -2.33. The highest BCUT2D eigenvalue weighted by Gasteiger charge is 2.23. The second-order valence-corrected chi connectivity index (χ2v) is 5.24. The van der Waals surface area contributed by atoms with Crippen LogP contribution in [0, 0.1) is 5.82 Å². The Hall–Kier alpha value is -1.78. The Balaban J connectivity index is 2.24. The van der Waals surface area contributed by atoms with E-state index in [0.29, 0.717) is 0 Å². The lowest BCUT2D eigenvalue weighted by Crippen LogP contribution is -2.39. The summed E-state index contributed by atoms with van der Waals surface area (Å²) in [6, 6.07) is 12.5. The smallest absolute Gasteiger partial charge is 0.123 e. The molecule has 2 N–H and O–H groups in total. The number of pyridine rings is 1. The van der Waals surface area contributed by atoms with Crippen molar-refractivity contribution in [3.63, 3.8) is 0 Å². The van der Waals surface area contributed by atoms with Gasteiger partial charge in [-0.1, -0.05) is 25.1 Å². The van der Waals surface area contributed by atoms with Crippen LogP contribution in [-0.2, 0) is 6.54 Å². The maximum Gasteiger partial charge on any atom is 0.123 e. The Morgan fingerprint density at radius 2 is 1.90 bits per heavy atom. The fourth-order valence-corrected chi connectivity index (χ4v) is 2.61. The van der Waals surface area contributed by atoms with E-state index in [0.717, 1.165) is 24.3 Å². The van der Waals surface area contributed by atoms with Crippen molar-refractivity contribution in [1.29, 1.82) is 0 Å². The summed E-state index contributed by atoms with van der Waals surface area (Å²) < 4.78 is 13.1. The molecule has 0 fully saturated rings. The number of hydrogen-bond acceptors (Lipinski definition) is 3. The number of nitrogens with two attached hydrogens (primary N) is 1. The molecule has 0 aliphatic carbocycles. The molecular formula is C17H22FN3. The summed E-state index contributed by atoms with van der Waals surface area (Å²) in [6.45, 7) is 5.65. The Bertz CT molecular complexity index is 540. The summed E-state index contributed by atoms with van der Waals surface area (Å²) in [5.74, 6) is -0.227. The van der Waals surface area contributed by atoms with Crippen LogP contribution in [0.3, 0.4) is 0 Å². The zero-order valence-electron chi connectivity index (χ0n) is 12.5. The van der Waals surface area contributed by atoms with Gasteiger partial charge in [0.1, 0.15) is 5.82 Å². The van der Waals surface area contributed by atoms with Crippen LogP contribution in [0.2, 0.25) is 0 Å². The Labute approximate surface area is 125 Å². The van der Waals surface area contributed by atoms with E-state index in [-0.39, 0.29) is 17.9 Å². The lowest BCUT2D eigenvalue weighted by molar-refractivity contribution is 0.175. The molecule has 112 valence electrons. The van der Waals surface area contributed by atoms with Gasteiger partial charge in [-0.25, -0.2) is 4.39 Å². The van der Waals surface area contributed by atoms with Crippen molar-refractivity contribution < 1.29 is 4.39 Å². The highest BCUT2D eigenvalue weighted by atomic mass is 19.1. The van der Waals surface area contributed by atoms with Crippen molar-refractivity contribution in [1.82, 2.24) is 9.88 Å². The van der Waals surface area contributed by atoms with Crippen molar-refractivity contribution in [2.24, 2.45) is 5.73 Å². The molecule has 21 heavy (non-hydrogen) atoms. The third kappa shape index (κ3) is 4.09. The summed E-state index contributed by atoms with van der Waals surface area (Å²) in [6.07, 6.45) is 1.79. The fraction of sp³-hybridized carbons (Fsp3) is 0.353. The summed E-state index contributed by atoms with van der Waals surface area (Å²) in [4.78, 5) is 6.64. The van der Waals surface area contributed by atoms with Gasteiger partial charge in [0.2, 0.25) is 0 Å². The molecule has 0 aliphatic heterocycles. The molecule has 0 saturated carbocycles. The fourth-order valence-electron chi connectivity index (χ4n) is 2.61. The van der Waals surface area contributed by atoms with Crippen LogP contribution in [-0.4, -0.2) is 22.5 Å². The third-order valence-electron chi connectivity index (χ3n) is 3.60. The van der Waals surface area contributed by atoms with Crippen LogP contribution < -0.4 is 5.73 Å². The van der Waals surface area contributed by atoms with E-state index in [9.17, 15) is 4.39 Å². The van der Waals surface area contributed by atoms with E-state index in [1.54, 1.807) is 6.20 Å². The van der Waals surface area contributed by atoms with E-state index in [1.807, 2.05) is 37.3 Å². The van der Waals surface area contributed by atoms with Gasteiger partial charge >= 0.3 is 0 Å². The van der Waals surface area contributed by atoms with Gasteiger partial charge in [-0.2, -0.15) is 0 Å². The number of rotatable bonds is 6. The van der Waals surface area contributed by atoms with Crippen molar-refractivity contribution in [3.8, 4) is 0 Å². The van der Waals surface area contributed by atoms with Crippen molar-refractivity contribution in [2.75, 3.05) is 6.54 Å². The molecule has 0 radical (unpaired) electrons. The molecule has 0 spiro atoms. The summed E-state index contributed by atoms with van der Waals surface area (Å²) in [5, 5.41) is 0. The minimum atomic E-state index is -0.227. The normalized spacial score (nSPS) is 14.1. The van der Waals surface area contributed by atoms with Crippen LogP contribution in [0.25, 0.3) is 0 Å². The van der Waals surface area contributed by atoms with Crippen molar-refractivity contribution in [2.45, 2.75) is 32.5 Å². The minimum Gasteiger partial charge on any atom is -0.326 e. The molecule has 0 saturated heterocycles. The number of aromatic nitrogens is 1. The molecule has 4 heteroatoms. The molecule has 3 nitrogen and oxygen atoms in total. The van der Waals surface area contributed by atoms with Crippen LogP contribution in [0.15, 0.2) is 48.7 Å². The van der Waals surface area contributed by atoms with Gasteiger partial charge in [0.05, 0.1) is 11.7 Å². The number of halogens is 1. The molecular weight excluding hydrogens is 265 g/mol. The van der Waals surface area contributed by atoms with Crippen molar-refractivity contribution in [3.05, 3.63) is 65.7 Å². The number of nitrogens with zero attached hydrogens (tertiary/aromatic N) is 2. The van der Waals surface area contributed by atoms with Gasteiger partial charge in [0, 0.05) is 18.8 Å². The topological polar surface area (TPSA) is 42.2 Å². The number of hydrogen-bond donors (Lipinski definition) is 1. The molecule has 0 amide bonds. The first-order chi connectivity index (χ1) is 10.1. The van der Waals surface area contributed by atoms with E-state index in [4.69, 9.17) is 5.73 Å². The average Bonchev–Trinajstić information content (AvgIpc) is 2.49. The zero-order chi connectivity index (χ0) is 15.2. The molecule has 0 aliphatic rings. The molecule has 2 aromatic rings. The third-order valence-corrected chi connectivity index (χ3v) is 3.60. The van der Waals surface area contributed by atoms with Crippen LogP contribution in [0.1, 0.15) is 31.1 Å². The highest BCUT2D eigenvalue weighted by molar-refractivity contribution is 5.22. The Kier molecular flexibility index (Phi) is 5.42. The number of likely N-dealkylation sites (N-methyl/N-ethyl adjacent to an activating group) is 1. The zero-order valence-corrected chi connectivity index (χ0v) is 12.5. The van der Waals surface area contributed by atoms with Crippen LogP contribution >= 0.6 is 0 Å². The molecule has 2 rings (SSSR count). The first-order valence-corrected chi connectivity index (χ1v) is 7.26.